The van der Waals surface area contributed by atoms with Crippen LogP contribution in [0.1, 0.15) is 21.5 Å². The lowest BCUT2D eigenvalue weighted by Crippen LogP contribution is -2.12. The molecule has 0 bridgehead atoms. The van der Waals surface area contributed by atoms with Gasteiger partial charge in [-0.2, -0.15) is 5.10 Å². The van der Waals surface area contributed by atoms with Crippen LogP contribution in [0.3, 0.4) is 0 Å². The zero-order valence-electron chi connectivity index (χ0n) is 11.4. The minimum atomic E-state index is -0.148. The number of hydrogen-bond acceptors (Lipinski definition) is 2. The summed E-state index contributed by atoms with van der Waals surface area (Å²) in [6.45, 7) is 4.02. The van der Waals surface area contributed by atoms with Crippen LogP contribution in [0.2, 0.25) is 0 Å². The molecule has 100 valence electrons. The standard InChI is InChI=1S/C16H15N3O/c1-10-7-8-12(9-11(10)2)16(20)17-15-13-5-3-4-6-14(13)18-19-15/h3-9H,1-2H3,(H2,17,18,19,20). The fourth-order valence-electron chi connectivity index (χ4n) is 2.12. The van der Waals surface area contributed by atoms with E-state index in [2.05, 4.69) is 15.5 Å². The Bertz CT molecular complexity index is 789. The van der Waals surface area contributed by atoms with Gasteiger partial charge in [-0.25, -0.2) is 0 Å². The van der Waals surface area contributed by atoms with Gasteiger partial charge in [-0.15, -0.1) is 0 Å². The Hall–Kier alpha value is -2.62. The number of nitrogens with one attached hydrogen (secondary N) is 2. The summed E-state index contributed by atoms with van der Waals surface area (Å²) in [6.07, 6.45) is 0. The second-order valence-electron chi connectivity index (χ2n) is 4.87. The average Bonchev–Trinajstić information content (AvgIpc) is 2.85. The first kappa shape index (κ1) is 12.4. The molecule has 0 aliphatic heterocycles. The van der Waals surface area contributed by atoms with E-state index in [9.17, 15) is 4.79 Å². The molecule has 0 fully saturated rings. The number of hydrogen-bond donors (Lipinski definition) is 2. The molecule has 0 aliphatic carbocycles. The lowest BCUT2D eigenvalue weighted by molar-refractivity contribution is 0.102. The van der Waals surface area contributed by atoms with Crippen molar-refractivity contribution >= 4 is 22.6 Å². The maximum absolute atomic E-state index is 12.3. The minimum absolute atomic E-state index is 0.148. The van der Waals surface area contributed by atoms with E-state index >= 15 is 0 Å². The third-order valence-electron chi connectivity index (χ3n) is 3.47. The molecule has 3 rings (SSSR count). The number of aromatic nitrogens is 2. The smallest absolute Gasteiger partial charge is 0.256 e. The second-order valence-corrected chi connectivity index (χ2v) is 4.87. The molecule has 0 unspecified atom stereocenters. The lowest BCUT2D eigenvalue weighted by Gasteiger charge is -2.05. The molecular weight excluding hydrogens is 250 g/mol. The largest absolute Gasteiger partial charge is 0.305 e. The number of aromatic amines is 1. The topological polar surface area (TPSA) is 57.8 Å². The van der Waals surface area contributed by atoms with Crippen molar-refractivity contribution in [3.63, 3.8) is 0 Å². The highest BCUT2D eigenvalue weighted by Crippen LogP contribution is 2.20. The monoisotopic (exact) mass is 265 g/mol. The number of rotatable bonds is 2. The van der Waals surface area contributed by atoms with Crippen LogP contribution in [-0.4, -0.2) is 16.1 Å². The van der Waals surface area contributed by atoms with E-state index in [4.69, 9.17) is 0 Å². The molecule has 3 aromatic rings. The van der Waals surface area contributed by atoms with Gasteiger partial charge in [-0.05, 0) is 49.2 Å². The van der Waals surface area contributed by atoms with Crippen LogP contribution in [0.5, 0.6) is 0 Å². The van der Waals surface area contributed by atoms with Gasteiger partial charge in [0.2, 0.25) is 0 Å². The van der Waals surface area contributed by atoms with Crippen LogP contribution in [0, 0.1) is 13.8 Å². The normalized spacial score (nSPS) is 10.7. The Labute approximate surface area is 116 Å². The van der Waals surface area contributed by atoms with Crippen molar-refractivity contribution in [3.05, 3.63) is 59.2 Å². The molecular formula is C16H15N3O. The Balaban J connectivity index is 1.90. The number of benzene rings is 2. The van der Waals surface area contributed by atoms with E-state index in [1.165, 1.54) is 5.56 Å². The summed E-state index contributed by atoms with van der Waals surface area (Å²) >= 11 is 0. The first-order valence-corrected chi connectivity index (χ1v) is 6.47. The van der Waals surface area contributed by atoms with E-state index in [-0.39, 0.29) is 5.91 Å². The van der Waals surface area contributed by atoms with E-state index in [0.717, 1.165) is 16.5 Å². The van der Waals surface area contributed by atoms with E-state index in [1.807, 2.05) is 56.3 Å². The van der Waals surface area contributed by atoms with E-state index in [1.54, 1.807) is 0 Å². The van der Waals surface area contributed by atoms with Gasteiger partial charge in [0.25, 0.3) is 5.91 Å². The molecule has 20 heavy (non-hydrogen) atoms. The van der Waals surface area contributed by atoms with Crippen molar-refractivity contribution in [2.45, 2.75) is 13.8 Å². The van der Waals surface area contributed by atoms with E-state index in [0.29, 0.717) is 11.4 Å². The van der Waals surface area contributed by atoms with Gasteiger partial charge >= 0.3 is 0 Å². The number of H-pyrrole nitrogens is 1. The second kappa shape index (κ2) is 4.81. The molecule has 0 aliphatic rings. The molecule has 2 aromatic carbocycles. The zero-order chi connectivity index (χ0) is 14.1. The number of anilines is 1. The summed E-state index contributed by atoms with van der Waals surface area (Å²) in [6, 6.07) is 13.4. The highest BCUT2D eigenvalue weighted by atomic mass is 16.1. The molecule has 0 saturated carbocycles. The number of carbonyl (C=O) groups excluding carboxylic acids is 1. The number of para-hydroxylation sites is 1. The van der Waals surface area contributed by atoms with Crippen molar-refractivity contribution < 1.29 is 4.79 Å². The number of fused-ring (bicyclic) bond motifs is 1. The van der Waals surface area contributed by atoms with Gasteiger partial charge in [0, 0.05) is 10.9 Å². The Kier molecular flexibility index (Phi) is 2.99. The highest BCUT2D eigenvalue weighted by Gasteiger charge is 2.11. The number of amides is 1. The van der Waals surface area contributed by atoms with Crippen LogP contribution >= 0.6 is 0 Å². The molecule has 0 saturated heterocycles. The molecule has 2 N–H and O–H groups in total. The third-order valence-corrected chi connectivity index (χ3v) is 3.47. The van der Waals surface area contributed by atoms with Gasteiger partial charge < -0.3 is 5.32 Å². The number of carbonyl (C=O) groups is 1. The van der Waals surface area contributed by atoms with Gasteiger partial charge in [-0.3, -0.25) is 9.89 Å². The Morgan fingerprint density at radius 1 is 1.10 bits per heavy atom. The number of nitrogens with zero attached hydrogens (tertiary/aromatic N) is 1. The van der Waals surface area contributed by atoms with Crippen LogP contribution in [0.15, 0.2) is 42.5 Å². The predicted molar refractivity (Wildman–Crippen MR) is 80.0 cm³/mol. The Morgan fingerprint density at radius 3 is 2.70 bits per heavy atom. The molecule has 1 amide bonds. The number of aryl methyl sites for hydroxylation is 2. The fraction of sp³-hybridized carbons (Fsp3) is 0.125. The van der Waals surface area contributed by atoms with Crippen LogP contribution in [0.4, 0.5) is 5.82 Å². The first-order chi connectivity index (χ1) is 9.65. The van der Waals surface area contributed by atoms with Crippen molar-refractivity contribution in [3.8, 4) is 0 Å². The Morgan fingerprint density at radius 2 is 1.90 bits per heavy atom. The first-order valence-electron chi connectivity index (χ1n) is 6.47. The summed E-state index contributed by atoms with van der Waals surface area (Å²) in [7, 11) is 0. The van der Waals surface area contributed by atoms with Gasteiger partial charge in [0.05, 0.1) is 5.52 Å². The molecule has 0 spiro atoms. The molecule has 0 radical (unpaired) electrons. The van der Waals surface area contributed by atoms with Crippen LogP contribution in [-0.2, 0) is 0 Å². The maximum Gasteiger partial charge on any atom is 0.256 e. The van der Waals surface area contributed by atoms with Crippen molar-refractivity contribution in [1.29, 1.82) is 0 Å². The summed E-state index contributed by atoms with van der Waals surface area (Å²) in [5.41, 5.74) is 3.82. The summed E-state index contributed by atoms with van der Waals surface area (Å²) in [4.78, 5) is 12.3. The SMILES string of the molecule is Cc1ccc(C(=O)Nc2n[nH]c3ccccc23)cc1C. The van der Waals surface area contributed by atoms with Gasteiger partial charge in [-0.1, -0.05) is 18.2 Å². The summed E-state index contributed by atoms with van der Waals surface area (Å²) < 4.78 is 0. The molecule has 4 nitrogen and oxygen atoms in total. The predicted octanol–water partition coefficient (Wildman–Crippen LogP) is 3.43. The van der Waals surface area contributed by atoms with Crippen molar-refractivity contribution in [2.75, 3.05) is 5.32 Å². The molecule has 0 atom stereocenters. The minimum Gasteiger partial charge on any atom is -0.305 e. The quantitative estimate of drug-likeness (QED) is 0.745. The zero-order valence-corrected chi connectivity index (χ0v) is 11.4. The van der Waals surface area contributed by atoms with Crippen LogP contribution < -0.4 is 5.32 Å². The fourth-order valence-corrected chi connectivity index (χ4v) is 2.12. The van der Waals surface area contributed by atoms with Gasteiger partial charge in [0.1, 0.15) is 0 Å². The molecule has 4 heteroatoms. The van der Waals surface area contributed by atoms with Crippen molar-refractivity contribution in [1.82, 2.24) is 10.2 Å². The maximum atomic E-state index is 12.3. The molecule has 1 aromatic heterocycles. The third kappa shape index (κ3) is 2.16. The molecule has 1 heterocycles. The van der Waals surface area contributed by atoms with Gasteiger partial charge in [0.15, 0.2) is 5.82 Å². The van der Waals surface area contributed by atoms with Crippen LogP contribution in [0.25, 0.3) is 10.9 Å². The average molecular weight is 265 g/mol. The summed E-state index contributed by atoms with van der Waals surface area (Å²) in [5, 5.41) is 10.8. The van der Waals surface area contributed by atoms with E-state index < -0.39 is 0 Å². The van der Waals surface area contributed by atoms with Crippen molar-refractivity contribution in [2.24, 2.45) is 0 Å². The lowest BCUT2D eigenvalue weighted by atomic mass is 10.1. The highest BCUT2D eigenvalue weighted by molar-refractivity contribution is 6.07. The summed E-state index contributed by atoms with van der Waals surface area (Å²) in [5.74, 6) is 0.411.